The molecule has 3 aromatic rings. The van der Waals surface area contributed by atoms with Crippen molar-refractivity contribution in [2.24, 2.45) is 7.05 Å². The normalized spacial score (nSPS) is 11.0. The van der Waals surface area contributed by atoms with Crippen LogP contribution in [0.2, 0.25) is 5.02 Å². The Morgan fingerprint density at radius 2 is 1.86 bits per heavy atom. The van der Waals surface area contributed by atoms with Crippen LogP contribution in [0.3, 0.4) is 0 Å². The van der Waals surface area contributed by atoms with Crippen LogP contribution in [0.25, 0.3) is 11.3 Å². The van der Waals surface area contributed by atoms with Crippen molar-refractivity contribution >= 4 is 35.1 Å². The average molecular weight is 415 g/mol. The highest BCUT2D eigenvalue weighted by Gasteiger charge is 2.12. The Balaban J connectivity index is 1.58. The Bertz CT molecular complexity index is 938. The minimum atomic E-state index is -0.0751. The first kappa shape index (κ1) is 20.5. The third-order valence-corrected chi connectivity index (χ3v) is 5.31. The fourth-order valence-corrected chi connectivity index (χ4v) is 3.41. The van der Waals surface area contributed by atoms with Crippen LogP contribution in [-0.2, 0) is 18.4 Å². The summed E-state index contributed by atoms with van der Waals surface area (Å²) in [5, 5.41) is 8.09. The van der Waals surface area contributed by atoms with Crippen molar-refractivity contribution in [2.45, 2.75) is 11.4 Å². The van der Waals surface area contributed by atoms with Crippen LogP contribution in [0.5, 0.6) is 0 Å². The number of aryl methyl sites for hydroxylation is 1. The molecule has 0 radical (unpaired) electrons. The van der Waals surface area contributed by atoms with Gasteiger partial charge in [0.25, 0.3) is 0 Å². The molecular formula is C21H23ClN4OS. The number of rotatable bonds is 7. The van der Waals surface area contributed by atoms with Crippen LogP contribution in [0, 0.1) is 0 Å². The summed E-state index contributed by atoms with van der Waals surface area (Å²) in [6.07, 6.45) is 2.06. The predicted octanol–water partition coefficient (Wildman–Crippen LogP) is 4.53. The topological polar surface area (TPSA) is 50.2 Å². The van der Waals surface area contributed by atoms with E-state index in [1.807, 2.05) is 49.3 Å². The van der Waals surface area contributed by atoms with Crippen LogP contribution >= 0.6 is 23.4 Å². The summed E-state index contributed by atoms with van der Waals surface area (Å²) in [6.45, 7) is 1.01. The number of nitrogens with one attached hydrogen (secondary N) is 1. The summed E-state index contributed by atoms with van der Waals surface area (Å²) in [5.74, 6) is 0.585. The van der Waals surface area contributed by atoms with E-state index in [0.717, 1.165) is 11.3 Å². The van der Waals surface area contributed by atoms with Gasteiger partial charge in [0.2, 0.25) is 5.91 Å². The molecule has 5 nitrogen and oxygen atoms in total. The van der Waals surface area contributed by atoms with Crippen LogP contribution in [0.15, 0.2) is 59.5 Å². The number of nitrogens with zero attached hydrogens (tertiary/aromatic N) is 3. The predicted molar refractivity (Wildman–Crippen MR) is 117 cm³/mol. The van der Waals surface area contributed by atoms with Crippen molar-refractivity contribution < 1.29 is 4.79 Å². The fraction of sp³-hybridized carbons (Fsp3) is 0.238. The fourth-order valence-electron chi connectivity index (χ4n) is 2.87. The van der Waals surface area contributed by atoms with Crippen molar-refractivity contribution in [2.75, 3.05) is 25.2 Å². The molecule has 0 saturated heterocycles. The van der Waals surface area contributed by atoms with Gasteiger partial charge >= 0.3 is 0 Å². The van der Waals surface area contributed by atoms with Crippen LogP contribution in [0.4, 0.5) is 5.82 Å². The molecule has 1 aromatic heterocycles. The Labute approximate surface area is 174 Å². The SMILES string of the molecule is CSc1ccc(CN(C)CC(=O)Nc2cc(-c3ccc(Cl)cc3)nn2C)cc1. The number of benzene rings is 2. The minimum Gasteiger partial charge on any atom is -0.310 e. The number of anilines is 1. The molecule has 28 heavy (non-hydrogen) atoms. The summed E-state index contributed by atoms with van der Waals surface area (Å²) < 4.78 is 1.67. The monoisotopic (exact) mass is 414 g/mol. The third-order valence-electron chi connectivity index (χ3n) is 4.31. The molecule has 146 valence electrons. The number of amides is 1. The Hall–Kier alpha value is -2.28. The van der Waals surface area contributed by atoms with Gasteiger partial charge in [-0.3, -0.25) is 14.4 Å². The van der Waals surface area contributed by atoms with E-state index >= 15 is 0 Å². The smallest absolute Gasteiger partial charge is 0.239 e. The summed E-state index contributed by atoms with van der Waals surface area (Å²) >= 11 is 7.66. The van der Waals surface area contributed by atoms with E-state index in [0.29, 0.717) is 23.9 Å². The summed E-state index contributed by atoms with van der Waals surface area (Å²) in [4.78, 5) is 15.7. The second-order valence-corrected chi connectivity index (χ2v) is 7.93. The van der Waals surface area contributed by atoms with Gasteiger partial charge in [-0.1, -0.05) is 35.9 Å². The lowest BCUT2D eigenvalue weighted by atomic mass is 10.1. The molecule has 0 bridgehead atoms. The highest BCUT2D eigenvalue weighted by molar-refractivity contribution is 7.98. The molecule has 0 atom stereocenters. The lowest BCUT2D eigenvalue weighted by Gasteiger charge is -2.16. The quantitative estimate of drug-likeness (QED) is 0.577. The van der Waals surface area contributed by atoms with Crippen molar-refractivity contribution in [3.05, 3.63) is 65.2 Å². The zero-order valence-electron chi connectivity index (χ0n) is 16.1. The van der Waals surface area contributed by atoms with Crippen molar-refractivity contribution in [1.29, 1.82) is 0 Å². The summed E-state index contributed by atoms with van der Waals surface area (Å²) in [7, 11) is 3.75. The Morgan fingerprint density at radius 3 is 2.50 bits per heavy atom. The first-order chi connectivity index (χ1) is 13.4. The summed E-state index contributed by atoms with van der Waals surface area (Å²) in [5.41, 5.74) is 2.92. The molecule has 7 heteroatoms. The van der Waals surface area contributed by atoms with Gasteiger partial charge in [-0.2, -0.15) is 5.10 Å². The van der Waals surface area contributed by atoms with E-state index < -0.39 is 0 Å². The van der Waals surface area contributed by atoms with Gasteiger partial charge in [-0.25, -0.2) is 0 Å². The first-order valence-electron chi connectivity index (χ1n) is 8.86. The zero-order chi connectivity index (χ0) is 20.1. The number of halogens is 1. The molecule has 0 fully saturated rings. The highest BCUT2D eigenvalue weighted by atomic mass is 35.5. The molecule has 1 amide bonds. The molecule has 0 aliphatic rings. The maximum atomic E-state index is 12.4. The van der Waals surface area contributed by atoms with Crippen molar-refractivity contribution in [3.63, 3.8) is 0 Å². The van der Waals surface area contributed by atoms with Gasteiger partial charge in [0, 0.05) is 35.1 Å². The number of likely N-dealkylation sites (N-methyl/N-ethyl adjacent to an activating group) is 1. The maximum Gasteiger partial charge on any atom is 0.239 e. The standard InChI is InChI=1S/C21H23ClN4OS/c1-25(13-15-4-10-18(28-3)11-5-15)14-21(27)23-20-12-19(24-26(20)2)16-6-8-17(22)9-7-16/h4-12H,13-14H2,1-3H3,(H,23,27). The van der Waals surface area contributed by atoms with Crippen molar-refractivity contribution in [3.8, 4) is 11.3 Å². The number of hydrogen-bond donors (Lipinski definition) is 1. The molecule has 2 aromatic carbocycles. The van der Waals surface area contributed by atoms with E-state index in [4.69, 9.17) is 11.6 Å². The highest BCUT2D eigenvalue weighted by Crippen LogP contribution is 2.23. The largest absolute Gasteiger partial charge is 0.310 e. The molecule has 1 heterocycles. The number of aromatic nitrogens is 2. The van der Waals surface area contributed by atoms with Gasteiger partial charge in [0.1, 0.15) is 5.82 Å². The van der Waals surface area contributed by atoms with Gasteiger partial charge in [-0.15, -0.1) is 11.8 Å². The number of hydrogen-bond acceptors (Lipinski definition) is 4. The molecule has 0 spiro atoms. The maximum absolute atomic E-state index is 12.4. The molecule has 0 unspecified atom stereocenters. The Morgan fingerprint density at radius 1 is 1.18 bits per heavy atom. The first-order valence-corrected chi connectivity index (χ1v) is 10.5. The van der Waals surface area contributed by atoms with Gasteiger partial charge in [0.15, 0.2) is 0 Å². The van der Waals surface area contributed by atoms with E-state index in [1.165, 1.54) is 10.5 Å². The van der Waals surface area contributed by atoms with E-state index in [9.17, 15) is 4.79 Å². The number of carbonyl (C=O) groups excluding carboxylic acids is 1. The summed E-state index contributed by atoms with van der Waals surface area (Å²) in [6, 6.07) is 17.7. The molecule has 0 aliphatic carbocycles. The molecule has 0 saturated carbocycles. The molecule has 3 rings (SSSR count). The van der Waals surface area contributed by atoms with Gasteiger partial charge in [-0.05, 0) is 43.1 Å². The molecule has 1 N–H and O–H groups in total. The van der Waals surface area contributed by atoms with Crippen LogP contribution in [0.1, 0.15) is 5.56 Å². The second-order valence-electron chi connectivity index (χ2n) is 6.61. The second kappa shape index (κ2) is 9.28. The van der Waals surface area contributed by atoms with E-state index in [-0.39, 0.29) is 5.91 Å². The van der Waals surface area contributed by atoms with Crippen molar-refractivity contribution in [1.82, 2.24) is 14.7 Å². The van der Waals surface area contributed by atoms with E-state index in [2.05, 4.69) is 40.9 Å². The van der Waals surface area contributed by atoms with Gasteiger partial charge < -0.3 is 5.32 Å². The number of carbonyl (C=O) groups is 1. The van der Waals surface area contributed by atoms with Gasteiger partial charge in [0.05, 0.1) is 12.2 Å². The lowest BCUT2D eigenvalue weighted by Crippen LogP contribution is -2.30. The average Bonchev–Trinajstić information content (AvgIpc) is 3.03. The van der Waals surface area contributed by atoms with Crippen LogP contribution < -0.4 is 5.32 Å². The zero-order valence-corrected chi connectivity index (χ0v) is 17.7. The minimum absolute atomic E-state index is 0.0751. The lowest BCUT2D eigenvalue weighted by molar-refractivity contribution is -0.117. The van der Waals surface area contributed by atoms with Crippen LogP contribution in [-0.4, -0.2) is 40.4 Å². The Kier molecular flexibility index (Phi) is 6.78. The molecule has 0 aliphatic heterocycles. The molecular weight excluding hydrogens is 392 g/mol. The number of thioether (sulfide) groups is 1. The third kappa shape index (κ3) is 5.38. The van der Waals surface area contributed by atoms with E-state index in [1.54, 1.807) is 16.4 Å².